The number of aliphatic hydroxyl groups is 1. The van der Waals surface area contributed by atoms with Gasteiger partial charge in [-0.15, -0.1) is 0 Å². The second kappa shape index (κ2) is 6.43. The number of phenols is 1. The molecule has 1 aliphatic heterocycles. The van der Waals surface area contributed by atoms with Gasteiger partial charge in [0.05, 0.1) is 5.56 Å². The van der Waals surface area contributed by atoms with Crippen molar-refractivity contribution in [3.63, 3.8) is 0 Å². The molecule has 0 unspecified atom stereocenters. The summed E-state index contributed by atoms with van der Waals surface area (Å²) in [4.78, 5) is 12.4. The number of hydrazone groups is 1. The minimum absolute atomic E-state index is 0.0394. The lowest BCUT2D eigenvalue weighted by Crippen LogP contribution is -2.56. The second-order valence-electron chi connectivity index (χ2n) is 6.22. The quantitative estimate of drug-likeness (QED) is 0.880. The van der Waals surface area contributed by atoms with Gasteiger partial charge in [0.1, 0.15) is 5.75 Å². The summed E-state index contributed by atoms with van der Waals surface area (Å²) >= 11 is 0. The largest absolute Gasteiger partial charge is 0.507 e. The van der Waals surface area contributed by atoms with Crippen LogP contribution in [0.5, 0.6) is 5.75 Å². The van der Waals surface area contributed by atoms with Crippen molar-refractivity contribution in [3.05, 3.63) is 29.8 Å². The fourth-order valence-electron chi connectivity index (χ4n) is 2.41. The van der Waals surface area contributed by atoms with Gasteiger partial charge in [0.25, 0.3) is 11.6 Å². The molecule has 1 amide bonds. The van der Waals surface area contributed by atoms with E-state index in [4.69, 9.17) is 0 Å². The highest BCUT2D eigenvalue weighted by atomic mass is 19.4. The van der Waals surface area contributed by atoms with E-state index in [-0.39, 0.29) is 28.6 Å². The third-order valence-corrected chi connectivity index (χ3v) is 3.83. The van der Waals surface area contributed by atoms with Gasteiger partial charge in [0.15, 0.2) is 0 Å². The molecule has 0 fully saturated rings. The monoisotopic (exact) mass is 344 g/mol. The number of rotatable bonds is 4. The third kappa shape index (κ3) is 3.38. The van der Waals surface area contributed by atoms with Crippen LogP contribution in [0.2, 0.25) is 0 Å². The number of halogens is 3. The summed E-state index contributed by atoms with van der Waals surface area (Å²) in [7, 11) is 0. The highest BCUT2D eigenvalue weighted by Crippen LogP contribution is 2.42. The first-order valence-corrected chi connectivity index (χ1v) is 7.54. The van der Waals surface area contributed by atoms with Crippen molar-refractivity contribution < 1.29 is 28.2 Å². The van der Waals surface area contributed by atoms with Crippen LogP contribution in [-0.4, -0.2) is 38.7 Å². The van der Waals surface area contributed by atoms with Crippen LogP contribution < -0.4 is 0 Å². The minimum atomic E-state index is -5.07. The number of hydrogen-bond donors (Lipinski definition) is 2. The summed E-state index contributed by atoms with van der Waals surface area (Å²) in [6.45, 7) is 3.83. The zero-order valence-electron chi connectivity index (χ0n) is 13.3. The lowest BCUT2D eigenvalue weighted by Gasteiger charge is -2.32. The number of alkyl halides is 3. The van der Waals surface area contributed by atoms with E-state index in [0.29, 0.717) is 6.42 Å². The Kier molecular flexibility index (Phi) is 4.89. The molecule has 132 valence electrons. The molecule has 0 spiro atoms. The molecule has 1 aromatic rings. The van der Waals surface area contributed by atoms with E-state index in [9.17, 15) is 28.2 Å². The highest BCUT2D eigenvalue weighted by Gasteiger charge is 2.63. The van der Waals surface area contributed by atoms with Crippen molar-refractivity contribution in [3.8, 4) is 5.75 Å². The maximum absolute atomic E-state index is 13.4. The van der Waals surface area contributed by atoms with Crippen molar-refractivity contribution >= 4 is 11.6 Å². The summed E-state index contributed by atoms with van der Waals surface area (Å²) in [5, 5.41) is 23.6. The average molecular weight is 344 g/mol. The first-order valence-electron chi connectivity index (χ1n) is 7.54. The molecule has 24 heavy (non-hydrogen) atoms. The molecular formula is C16H19F3N2O3. The number of nitrogens with zero attached hydrogens (tertiary/aromatic N) is 2. The van der Waals surface area contributed by atoms with Gasteiger partial charge in [-0.3, -0.25) is 4.79 Å². The van der Waals surface area contributed by atoms with Crippen LogP contribution in [0.15, 0.2) is 29.4 Å². The fraction of sp³-hybridized carbons (Fsp3) is 0.500. The van der Waals surface area contributed by atoms with Gasteiger partial charge in [-0.2, -0.15) is 23.3 Å². The molecule has 1 aromatic carbocycles. The standard InChI is InChI=1S/C16H19F3N2O3/c1-10(2)7-8-11-9-15(24,16(17,18)19)21(20-11)14(23)12-5-3-4-6-13(12)22/h3-6,10,22,24H,7-9H2,1-2H3/t15-/m1/s1. The van der Waals surface area contributed by atoms with Crippen LogP contribution in [0.3, 0.4) is 0 Å². The first-order chi connectivity index (χ1) is 11.1. The van der Waals surface area contributed by atoms with Gasteiger partial charge in [-0.05, 0) is 30.9 Å². The normalized spacial score (nSPS) is 21.3. The average Bonchev–Trinajstić information content (AvgIpc) is 2.83. The summed E-state index contributed by atoms with van der Waals surface area (Å²) in [5.41, 5.74) is -3.65. The number of carbonyl (C=O) groups is 1. The predicted octanol–water partition coefficient (Wildman–Crippen LogP) is 3.28. The lowest BCUT2D eigenvalue weighted by atomic mass is 9.99. The molecule has 0 aliphatic carbocycles. The number of amides is 1. The molecular weight excluding hydrogens is 325 g/mol. The van der Waals surface area contributed by atoms with E-state index < -0.39 is 30.0 Å². The van der Waals surface area contributed by atoms with Crippen molar-refractivity contribution in [1.29, 1.82) is 0 Å². The Morgan fingerprint density at radius 2 is 2.00 bits per heavy atom. The van der Waals surface area contributed by atoms with Crippen molar-refractivity contribution in [2.75, 3.05) is 0 Å². The molecule has 0 bridgehead atoms. The molecule has 1 atom stereocenters. The molecule has 8 heteroatoms. The number of aromatic hydroxyl groups is 1. The Hall–Kier alpha value is -2.09. The van der Waals surface area contributed by atoms with Crippen LogP contribution in [0.1, 0.15) is 43.5 Å². The molecule has 0 radical (unpaired) electrons. The molecule has 2 N–H and O–H groups in total. The molecule has 0 saturated carbocycles. The Morgan fingerprint density at radius 1 is 1.38 bits per heavy atom. The van der Waals surface area contributed by atoms with E-state index in [1.54, 1.807) is 0 Å². The Bertz CT molecular complexity index is 658. The number of carbonyl (C=O) groups excluding carboxylic acids is 1. The van der Waals surface area contributed by atoms with Crippen LogP contribution in [-0.2, 0) is 0 Å². The van der Waals surface area contributed by atoms with Crippen LogP contribution in [0.25, 0.3) is 0 Å². The smallest absolute Gasteiger partial charge is 0.438 e. The molecule has 0 aromatic heterocycles. The van der Waals surface area contributed by atoms with Crippen molar-refractivity contribution in [1.82, 2.24) is 5.01 Å². The number of para-hydroxylation sites is 1. The van der Waals surface area contributed by atoms with E-state index in [1.165, 1.54) is 24.3 Å². The number of hydrogen-bond acceptors (Lipinski definition) is 4. The molecule has 2 rings (SSSR count). The van der Waals surface area contributed by atoms with Crippen LogP contribution in [0, 0.1) is 5.92 Å². The topological polar surface area (TPSA) is 73.1 Å². The summed E-state index contributed by atoms with van der Waals surface area (Å²) < 4.78 is 40.1. The van der Waals surface area contributed by atoms with Gasteiger partial charge in [-0.25, -0.2) is 0 Å². The van der Waals surface area contributed by atoms with Crippen molar-refractivity contribution in [2.45, 2.75) is 45.0 Å². The van der Waals surface area contributed by atoms with Gasteiger partial charge in [-0.1, -0.05) is 26.0 Å². The molecule has 0 saturated heterocycles. The molecule has 1 heterocycles. The maximum atomic E-state index is 13.4. The lowest BCUT2D eigenvalue weighted by molar-refractivity contribution is -0.297. The Morgan fingerprint density at radius 3 is 2.54 bits per heavy atom. The Balaban J connectivity index is 2.38. The van der Waals surface area contributed by atoms with Crippen molar-refractivity contribution in [2.24, 2.45) is 11.0 Å². The van der Waals surface area contributed by atoms with E-state index in [1.807, 2.05) is 13.8 Å². The highest BCUT2D eigenvalue weighted by molar-refractivity contribution is 6.00. The number of benzene rings is 1. The van der Waals surface area contributed by atoms with Gasteiger partial charge in [0, 0.05) is 12.1 Å². The van der Waals surface area contributed by atoms with Crippen LogP contribution >= 0.6 is 0 Å². The summed E-state index contributed by atoms with van der Waals surface area (Å²) in [6.07, 6.45) is -5.02. The van der Waals surface area contributed by atoms with Gasteiger partial charge in [0.2, 0.25) is 0 Å². The van der Waals surface area contributed by atoms with E-state index in [2.05, 4.69) is 5.10 Å². The molecule has 5 nitrogen and oxygen atoms in total. The van der Waals surface area contributed by atoms with Gasteiger partial charge < -0.3 is 10.2 Å². The minimum Gasteiger partial charge on any atom is -0.507 e. The first kappa shape index (κ1) is 18.3. The maximum Gasteiger partial charge on any atom is 0.438 e. The van der Waals surface area contributed by atoms with Gasteiger partial charge >= 0.3 is 6.18 Å². The zero-order valence-corrected chi connectivity index (χ0v) is 13.3. The van der Waals surface area contributed by atoms with E-state index >= 15 is 0 Å². The number of phenolic OH excluding ortho intramolecular Hbond substituents is 1. The fourth-order valence-corrected chi connectivity index (χ4v) is 2.41. The predicted molar refractivity (Wildman–Crippen MR) is 81.4 cm³/mol. The second-order valence-corrected chi connectivity index (χ2v) is 6.22. The molecule has 1 aliphatic rings. The summed E-state index contributed by atoms with van der Waals surface area (Å²) in [6, 6.07) is 5.19. The Labute approximate surface area is 137 Å². The SMILES string of the molecule is CC(C)CCC1=NN(C(=O)c2ccccc2O)[C@](O)(C(F)(F)F)C1. The third-order valence-electron chi connectivity index (χ3n) is 3.83. The van der Waals surface area contributed by atoms with E-state index in [0.717, 1.165) is 0 Å². The zero-order chi connectivity index (χ0) is 18.1. The summed E-state index contributed by atoms with van der Waals surface area (Å²) in [5.74, 6) is -1.43. The van der Waals surface area contributed by atoms with Crippen LogP contribution in [0.4, 0.5) is 13.2 Å².